The molecule has 1 saturated heterocycles. The Kier molecular flexibility index (Phi) is 6.98. The summed E-state index contributed by atoms with van der Waals surface area (Å²) in [5.74, 6) is -1.15. The number of halogens is 1. The molecule has 1 aliphatic heterocycles. The van der Waals surface area contributed by atoms with Gasteiger partial charge in [-0.15, -0.1) is 0 Å². The first kappa shape index (κ1) is 24.2. The fourth-order valence-corrected chi connectivity index (χ4v) is 4.32. The molecule has 1 unspecified atom stereocenters. The second-order valence-electron chi connectivity index (χ2n) is 8.03. The van der Waals surface area contributed by atoms with Gasteiger partial charge in [0.25, 0.3) is 11.7 Å². The maximum atomic E-state index is 13.2. The number of Topliss-reactive ketones (excluding diaryl/α,β-unsaturated/α-hetero) is 1. The number of hydrogen-bond donors (Lipinski definition) is 2. The van der Waals surface area contributed by atoms with Gasteiger partial charge >= 0.3 is 0 Å². The molecule has 1 atom stereocenters. The van der Waals surface area contributed by atoms with Crippen LogP contribution in [0.5, 0.6) is 17.2 Å². The van der Waals surface area contributed by atoms with Crippen molar-refractivity contribution in [1.82, 2.24) is 4.90 Å². The summed E-state index contributed by atoms with van der Waals surface area (Å²) in [4.78, 5) is 27.8. The number of ketones is 1. The minimum atomic E-state index is -0.902. The quantitative estimate of drug-likeness (QED) is 0.281. The Hall–Kier alpha value is -3.97. The second kappa shape index (κ2) is 10.1. The van der Waals surface area contributed by atoms with E-state index in [4.69, 9.17) is 21.1 Å². The summed E-state index contributed by atoms with van der Waals surface area (Å²) < 4.78 is 10.6. The van der Waals surface area contributed by atoms with Gasteiger partial charge in [0, 0.05) is 17.6 Å². The number of amides is 1. The molecule has 1 aliphatic rings. The molecule has 3 aromatic rings. The number of carbonyl (C=O) groups excluding carboxylic acids is 2. The highest BCUT2D eigenvalue weighted by molar-refractivity contribution is 6.46. The zero-order valence-electron chi connectivity index (χ0n) is 19.2. The zero-order chi connectivity index (χ0) is 25.1. The smallest absolute Gasteiger partial charge is 0.295 e. The van der Waals surface area contributed by atoms with E-state index in [9.17, 15) is 19.8 Å². The lowest BCUT2D eigenvalue weighted by Crippen LogP contribution is -2.31. The van der Waals surface area contributed by atoms with E-state index < -0.39 is 17.7 Å². The van der Waals surface area contributed by atoms with E-state index >= 15 is 0 Å². The summed E-state index contributed by atoms with van der Waals surface area (Å²) in [7, 11) is 2.94. The monoisotopic (exact) mass is 493 g/mol. The molecule has 4 rings (SSSR count). The van der Waals surface area contributed by atoms with Crippen LogP contribution >= 0.6 is 11.6 Å². The molecule has 0 aliphatic carbocycles. The lowest BCUT2D eigenvalue weighted by molar-refractivity contribution is -0.139. The van der Waals surface area contributed by atoms with Crippen molar-refractivity contribution in [2.75, 3.05) is 20.8 Å². The molecule has 3 aromatic carbocycles. The van der Waals surface area contributed by atoms with Crippen LogP contribution in [0.3, 0.4) is 0 Å². The molecule has 1 heterocycles. The third-order valence-corrected chi connectivity index (χ3v) is 6.20. The van der Waals surface area contributed by atoms with Crippen LogP contribution in [0.15, 0.2) is 72.3 Å². The van der Waals surface area contributed by atoms with Crippen molar-refractivity contribution in [3.63, 3.8) is 0 Å². The summed E-state index contributed by atoms with van der Waals surface area (Å²) in [6.45, 7) is 0.211. The number of benzene rings is 3. The van der Waals surface area contributed by atoms with E-state index in [0.29, 0.717) is 22.8 Å². The van der Waals surface area contributed by atoms with E-state index in [2.05, 4.69) is 0 Å². The minimum absolute atomic E-state index is 0.0205. The number of rotatable bonds is 7. The fourth-order valence-electron chi connectivity index (χ4n) is 4.19. The Morgan fingerprint density at radius 2 is 1.74 bits per heavy atom. The number of aromatic hydroxyl groups is 1. The highest BCUT2D eigenvalue weighted by Gasteiger charge is 2.46. The van der Waals surface area contributed by atoms with Crippen molar-refractivity contribution in [1.29, 1.82) is 0 Å². The van der Waals surface area contributed by atoms with Crippen LogP contribution in [-0.2, 0) is 16.0 Å². The predicted molar refractivity (Wildman–Crippen MR) is 132 cm³/mol. The lowest BCUT2D eigenvalue weighted by atomic mass is 9.94. The van der Waals surface area contributed by atoms with E-state index in [1.165, 1.54) is 31.3 Å². The average molecular weight is 494 g/mol. The molecule has 0 radical (unpaired) electrons. The van der Waals surface area contributed by atoms with Gasteiger partial charge in [0.05, 0.1) is 31.4 Å². The maximum absolute atomic E-state index is 13.2. The number of ether oxygens (including phenoxy) is 2. The van der Waals surface area contributed by atoms with Crippen LogP contribution in [0, 0.1) is 0 Å². The Morgan fingerprint density at radius 3 is 2.40 bits per heavy atom. The molecular weight excluding hydrogens is 470 g/mol. The highest BCUT2D eigenvalue weighted by Crippen LogP contribution is 2.42. The summed E-state index contributed by atoms with van der Waals surface area (Å²) >= 11 is 5.97. The van der Waals surface area contributed by atoms with Crippen LogP contribution in [0.25, 0.3) is 5.76 Å². The van der Waals surface area contributed by atoms with Gasteiger partial charge in [-0.05, 0) is 53.9 Å². The van der Waals surface area contributed by atoms with Crippen LogP contribution < -0.4 is 9.47 Å². The first-order valence-corrected chi connectivity index (χ1v) is 11.3. The van der Waals surface area contributed by atoms with Gasteiger partial charge < -0.3 is 24.6 Å². The molecule has 35 heavy (non-hydrogen) atoms. The van der Waals surface area contributed by atoms with Crippen LogP contribution in [0.1, 0.15) is 22.7 Å². The van der Waals surface area contributed by atoms with Gasteiger partial charge in [-0.1, -0.05) is 35.9 Å². The Balaban J connectivity index is 1.81. The molecule has 0 spiro atoms. The topological polar surface area (TPSA) is 96.3 Å². The van der Waals surface area contributed by atoms with Gasteiger partial charge in [0.2, 0.25) is 0 Å². The second-order valence-corrected chi connectivity index (χ2v) is 8.47. The first-order chi connectivity index (χ1) is 16.8. The van der Waals surface area contributed by atoms with Crippen molar-refractivity contribution < 1.29 is 29.3 Å². The van der Waals surface area contributed by atoms with Crippen molar-refractivity contribution in [2.45, 2.75) is 12.5 Å². The van der Waals surface area contributed by atoms with Crippen molar-refractivity contribution in [3.05, 3.63) is 94.0 Å². The summed E-state index contributed by atoms with van der Waals surface area (Å²) in [5.41, 5.74) is 1.59. The number of hydrogen-bond acceptors (Lipinski definition) is 6. The van der Waals surface area contributed by atoms with E-state index in [-0.39, 0.29) is 34.9 Å². The SMILES string of the molecule is COc1ccc(/C(O)=C2/C(=O)C(=O)N(CCc3ccc(Cl)cc3)C2c2cccc(O)c2)c(OC)c1. The predicted octanol–water partition coefficient (Wildman–Crippen LogP) is 4.73. The van der Waals surface area contributed by atoms with Crippen LogP contribution in [0.2, 0.25) is 5.02 Å². The molecular formula is C27H24ClNO6. The van der Waals surface area contributed by atoms with Crippen LogP contribution in [0.4, 0.5) is 0 Å². The zero-order valence-corrected chi connectivity index (χ0v) is 20.0. The number of carbonyl (C=O) groups is 2. The number of likely N-dealkylation sites (tertiary alicyclic amines) is 1. The van der Waals surface area contributed by atoms with Gasteiger partial charge in [0.15, 0.2) is 0 Å². The lowest BCUT2D eigenvalue weighted by Gasteiger charge is -2.25. The molecule has 1 amide bonds. The molecule has 8 heteroatoms. The molecule has 180 valence electrons. The van der Waals surface area contributed by atoms with Gasteiger partial charge in [-0.2, -0.15) is 0 Å². The number of methoxy groups -OCH3 is 2. The molecule has 7 nitrogen and oxygen atoms in total. The van der Waals surface area contributed by atoms with E-state index in [1.54, 1.807) is 42.5 Å². The van der Waals surface area contributed by atoms with Crippen LogP contribution in [-0.4, -0.2) is 47.6 Å². The van der Waals surface area contributed by atoms with Gasteiger partial charge in [0.1, 0.15) is 23.0 Å². The summed E-state index contributed by atoms with van der Waals surface area (Å²) in [5, 5.41) is 22.0. The number of nitrogens with zero attached hydrogens (tertiary/aromatic N) is 1. The van der Waals surface area contributed by atoms with Crippen molar-refractivity contribution >= 4 is 29.1 Å². The standard InChI is InChI=1S/C27H24ClNO6/c1-34-20-10-11-21(22(15-20)35-2)25(31)23-24(17-4-3-5-19(30)14-17)29(27(33)26(23)32)13-12-16-6-8-18(28)9-7-16/h3-11,14-15,24,30-31H,12-13H2,1-2H3/b25-23-. The molecule has 1 fully saturated rings. The Bertz CT molecular complexity index is 1300. The van der Waals surface area contributed by atoms with Gasteiger partial charge in [-0.3, -0.25) is 9.59 Å². The number of aliphatic hydroxyl groups is 1. The third kappa shape index (κ3) is 4.81. The Morgan fingerprint density at radius 1 is 1.00 bits per heavy atom. The number of aliphatic hydroxyl groups excluding tert-OH is 1. The molecule has 0 bridgehead atoms. The molecule has 2 N–H and O–H groups in total. The van der Waals surface area contributed by atoms with E-state index in [0.717, 1.165) is 5.56 Å². The van der Waals surface area contributed by atoms with Crippen molar-refractivity contribution in [3.8, 4) is 17.2 Å². The number of phenolic OH excluding ortho intramolecular Hbond substituents is 1. The summed E-state index contributed by atoms with van der Waals surface area (Å²) in [6, 6.07) is 17.4. The molecule has 0 aromatic heterocycles. The van der Waals surface area contributed by atoms with Crippen molar-refractivity contribution in [2.24, 2.45) is 0 Å². The Labute approximate surface area is 207 Å². The molecule has 0 saturated carbocycles. The minimum Gasteiger partial charge on any atom is -0.508 e. The largest absolute Gasteiger partial charge is 0.508 e. The van der Waals surface area contributed by atoms with E-state index in [1.807, 2.05) is 12.1 Å². The summed E-state index contributed by atoms with van der Waals surface area (Å²) in [6.07, 6.45) is 0.464. The third-order valence-electron chi connectivity index (χ3n) is 5.94. The normalized spacial score (nSPS) is 17.0. The fraction of sp³-hybridized carbons (Fsp3) is 0.185. The first-order valence-electron chi connectivity index (χ1n) is 10.9. The average Bonchev–Trinajstić information content (AvgIpc) is 3.12. The van der Waals surface area contributed by atoms with Gasteiger partial charge in [-0.25, -0.2) is 0 Å². The highest BCUT2D eigenvalue weighted by atomic mass is 35.5. The number of phenols is 1. The maximum Gasteiger partial charge on any atom is 0.295 e.